The van der Waals surface area contributed by atoms with Crippen molar-refractivity contribution < 1.29 is 5.11 Å². The van der Waals surface area contributed by atoms with Crippen molar-refractivity contribution in [2.45, 2.75) is 25.8 Å². The number of hydrogen-bond acceptors (Lipinski definition) is 3. The van der Waals surface area contributed by atoms with E-state index in [1.54, 1.807) is 4.57 Å². The molecule has 0 unspecified atom stereocenters. The Morgan fingerprint density at radius 1 is 1.38 bits per heavy atom. The van der Waals surface area contributed by atoms with Crippen LogP contribution in [0.15, 0.2) is 22.3 Å². The molecule has 84 valence electrons. The van der Waals surface area contributed by atoms with Crippen molar-refractivity contribution in [1.29, 1.82) is 0 Å². The van der Waals surface area contributed by atoms with Crippen molar-refractivity contribution in [3.63, 3.8) is 0 Å². The highest BCUT2D eigenvalue weighted by Gasteiger charge is 2.22. The van der Waals surface area contributed by atoms with Gasteiger partial charge in [-0.15, -0.1) is 11.3 Å². The summed E-state index contributed by atoms with van der Waals surface area (Å²) in [5.41, 5.74) is 0.666. The normalized spacial score (nSPS) is 15.0. The lowest BCUT2D eigenvalue weighted by molar-refractivity contribution is 0.426. The molecule has 0 aliphatic carbocycles. The van der Waals surface area contributed by atoms with Crippen LogP contribution in [0.5, 0.6) is 5.88 Å². The Kier molecular flexibility index (Phi) is 2.14. The van der Waals surface area contributed by atoms with E-state index in [0.717, 1.165) is 36.5 Å². The van der Waals surface area contributed by atoms with E-state index in [0.29, 0.717) is 0 Å². The molecule has 0 saturated carbocycles. The van der Waals surface area contributed by atoms with Crippen LogP contribution in [0.1, 0.15) is 18.5 Å². The minimum absolute atomic E-state index is 0.116. The maximum atomic E-state index is 12.1. The first-order valence-corrected chi connectivity index (χ1v) is 6.24. The van der Waals surface area contributed by atoms with Gasteiger partial charge >= 0.3 is 5.69 Å². The molecule has 1 N–H and O–H groups in total. The second-order valence-corrected chi connectivity index (χ2v) is 4.87. The van der Waals surface area contributed by atoms with Crippen LogP contribution in [0.3, 0.4) is 0 Å². The SMILES string of the molecule is O=c1n2c(c(O)n1-c1cccs1)CCCC2. The molecule has 1 aliphatic heterocycles. The average Bonchev–Trinajstić information content (AvgIpc) is 2.89. The van der Waals surface area contributed by atoms with Gasteiger partial charge in [0.05, 0.1) is 5.69 Å². The lowest BCUT2D eigenvalue weighted by atomic mass is 10.1. The van der Waals surface area contributed by atoms with E-state index in [4.69, 9.17) is 0 Å². The van der Waals surface area contributed by atoms with E-state index >= 15 is 0 Å². The number of aromatic hydroxyl groups is 1. The van der Waals surface area contributed by atoms with Crippen LogP contribution in [-0.2, 0) is 13.0 Å². The number of aromatic nitrogens is 2. The van der Waals surface area contributed by atoms with Gasteiger partial charge in [-0.25, -0.2) is 9.36 Å². The van der Waals surface area contributed by atoms with Gasteiger partial charge < -0.3 is 5.11 Å². The maximum absolute atomic E-state index is 12.1. The van der Waals surface area contributed by atoms with Gasteiger partial charge in [-0.3, -0.25) is 4.57 Å². The van der Waals surface area contributed by atoms with Crippen molar-refractivity contribution in [1.82, 2.24) is 9.13 Å². The summed E-state index contributed by atoms with van der Waals surface area (Å²) in [6.07, 6.45) is 2.85. The second kappa shape index (κ2) is 3.52. The predicted molar refractivity (Wildman–Crippen MR) is 62.5 cm³/mol. The summed E-state index contributed by atoms with van der Waals surface area (Å²) in [6, 6.07) is 3.72. The van der Waals surface area contributed by atoms with Crippen LogP contribution in [0.2, 0.25) is 0 Å². The van der Waals surface area contributed by atoms with Gasteiger partial charge in [0.25, 0.3) is 0 Å². The third kappa shape index (κ3) is 1.24. The molecule has 0 radical (unpaired) electrons. The molecular weight excluding hydrogens is 224 g/mol. The molecule has 0 atom stereocenters. The molecule has 0 amide bonds. The standard InChI is InChI=1S/C11H12N2O2S/c14-10-8-4-1-2-6-12(8)11(15)13(10)9-5-3-7-16-9/h3,5,7,14H,1-2,4,6H2. The van der Waals surface area contributed by atoms with Crippen molar-refractivity contribution in [3.8, 4) is 10.9 Å². The first-order valence-electron chi connectivity index (χ1n) is 5.36. The molecule has 2 aromatic rings. The van der Waals surface area contributed by atoms with Gasteiger partial charge in [0.15, 0.2) is 0 Å². The smallest absolute Gasteiger partial charge is 0.336 e. The molecule has 3 rings (SSSR count). The molecule has 4 nitrogen and oxygen atoms in total. The zero-order chi connectivity index (χ0) is 11.1. The van der Waals surface area contributed by atoms with E-state index in [1.165, 1.54) is 15.9 Å². The molecule has 1 aliphatic rings. The summed E-state index contributed by atoms with van der Waals surface area (Å²) in [5, 5.41) is 12.8. The summed E-state index contributed by atoms with van der Waals surface area (Å²) < 4.78 is 3.10. The molecule has 5 heteroatoms. The molecule has 16 heavy (non-hydrogen) atoms. The molecule has 0 saturated heterocycles. The van der Waals surface area contributed by atoms with Crippen LogP contribution in [-0.4, -0.2) is 14.2 Å². The Morgan fingerprint density at radius 3 is 2.94 bits per heavy atom. The third-order valence-corrected chi connectivity index (χ3v) is 3.84. The summed E-state index contributed by atoms with van der Waals surface area (Å²) in [5.74, 6) is 0.118. The summed E-state index contributed by atoms with van der Waals surface area (Å²) in [7, 11) is 0. The minimum atomic E-state index is -0.116. The molecule has 3 heterocycles. The Morgan fingerprint density at radius 2 is 2.25 bits per heavy atom. The van der Waals surface area contributed by atoms with E-state index in [-0.39, 0.29) is 11.6 Å². The molecule has 2 aromatic heterocycles. The fourth-order valence-corrected chi connectivity index (χ4v) is 2.94. The number of hydrogen-bond donors (Lipinski definition) is 1. The highest BCUT2D eigenvalue weighted by molar-refractivity contribution is 7.12. The highest BCUT2D eigenvalue weighted by Crippen LogP contribution is 2.26. The Balaban J connectivity index is 2.27. The van der Waals surface area contributed by atoms with E-state index in [1.807, 2.05) is 17.5 Å². The third-order valence-electron chi connectivity index (χ3n) is 2.99. The van der Waals surface area contributed by atoms with Gasteiger partial charge in [-0.2, -0.15) is 0 Å². The first kappa shape index (κ1) is 9.72. The Bertz CT molecular complexity index is 566. The fourth-order valence-electron chi connectivity index (χ4n) is 2.21. The number of thiophene rings is 1. The quantitative estimate of drug-likeness (QED) is 0.820. The topological polar surface area (TPSA) is 47.2 Å². The fraction of sp³-hybridized carbons (Fsp3) is 0.364. The van der Waals surface area contributed by atoms with Crippen LogP contribution >= 0.6 is 11.3 Å². The monoisotopic (exact) mass is 236 g/mol. The summed E-state index contributed by atoms with van der Waals surface area (Å²) >= 11 is 1.46. The van der Waals surface area contributed by atoms with Crippen LogP contribution in [0.25, 0.3) is 5.00 Å². The largest absolute Gasteiger partial charge is 0.493 e. The molecule has 0 fully saturated rings. The van der Waals surface area contributed by atoms with Crippen LogP contribution in [0, 0.1) is 0 Å². The average molecular weight is 236 g/mol. The number of imidazole rings is 1. The van der Waals surface area contributed by atoms with Gasteiger partial charge in [-0.1, -0.05) is 0 Å². The van der Waals surface area contributed by atoms with Crippen molar-refractivity contribution in [3.05, 3.63) is 33.7 Å². The number of rotatable bonds is 1. The van der Waals surface area contributed by atoms with Gasteiger partial charge in [0.1, 0.15) is 5.00 Å². The molecular formula is C11H12N2O2S. The zero-order valence-electron chi connectivity index (χ0n) is 8.72. The molecule has 0 bridgehead atoms. The lowest BCUT2D eigenvalue weighted by Crippen LogP contribution is -2.25. The zero-order valence-corrected chi connectivity index (χ0v) is 9.54. The van der Waals surface area contributed by atoms with Crippen molar-refractivity contribution in [2.75, 3.05) is 0 Å². The number of nitrogens with zero attached hydrogens (tertiary/aromatic N) is 2. The van der Waals surface area contributed by atoms with Crippen molar-refractivity contribution >= 4 is 11.3 Å². The second-order valence-electron chi connectivity index (χ2n) is 3.95. The van der Waals surface area contributed by atoms with Gasteiger partial charge in [0.2, 0.25) is 5.88 Å². The highest BCUT2D eigenvalue weighted by atomic mass is 32.1. The number of fused-ring (bicyclic) bond motifs is 1. The minimum Gasteiger partial charge on any atom is -0.493 e. The van der Waals surface area contributed by atoms with Crippen LogP contribution in [0.4, 0.5) is 0 Å². The lowest BCUT2D eigenvalue weighted by Gasteiger charge is -2.11. The molecule has 0 spiro atoms. The van der Waals surface area contributed by atoms with Crippen LogP contribution < -0.4 is 5.69 Å². The van der Waals surface area contributed by atoms with E-state index < -0.39 is 0 Å². The Hall–Kier alpha value is -1.49. The first-order chi connectivity index (χ1) is 7.79. The van der Waals surface area contributed by atoms with Gasteiger partial charge in [0, 0.05) is 6.54 Å². The maximum Gasteiger partial charge on any atom is 0.336 e. The molecule has 0 aromatic carbocycles. The summed E-state index contributed by atoms with van der Waals surface area (Å²) in [6.45, 7) is 0.722. The van der Waals surface area contributed by atoms with Gasteiger partial charge in [-0.05, 0) is 36.8 Å². The Labute approximate surface area is 96.4 Å². The summed E-state index contributed by atoms with van der Waals surface area (Å²) in [4.78, 5) is 12.1. The predicted octanol–water partition coefficient (Wildman–Crippen LogP) is 1.74. The van der Waals surface area contributed by atoms with E-state index in [9.17, 15) is 9.90 Å². The van der Waals surface area contributed by atoms with E-state index in [2.05, 4.69) is 0 Å². The van der Waals surface area contributed by atoms with Crippen molar-refractivity contribution in [2.24, 2.45) is 0 Å².